The van der Waals surface area contributed by atoms with Gasteiger partial charge in [0, 0.05) is 17.7 Å². The maximum absolute atomic E-state index is 10.3. The van der Waals surface area contributed by atoms with Crippen LogP contribution in [0, 0.1) is 0 Å². The fourth-order valence-corrected chi connectivity index (χ4v) is 0.733. The van der Waals surface area contributed by atoms with Gasteiger partial charge in [0.15, 0.2) is 0 Å². The van der Waals surface area contributed by atoms with Crippen molar-refractivity contribution in [3.8, 4) is 0 Å². The van der Waals surface area contributed by atoms with E-state index in [-0.39, 0.29) is 0 Å². The molecule has 0 aliphatic rings. The van der Waals surface area contributed by atoms with E-state index in [0.29, 0.717) is 0 Å². The molecule has 0 bridgehead atoms. The average Bonchev–Trinajstić information content (AvgIpc) is 2.16. The van der Waals surface area contributed by atoms with Crippen LogP contribution < -0.4 is 15.3 Å². The minimum Gasteiger partial charge on any atom is -0.550 e. The molecule has 0 aliphatic carbocycles. The molecule has 1 heterocycles. The molecule has 0 unspecified atom stereocenters. The van der Waals surface area contributed by atoms with Gasteiger partial charge in [-0.3, -0.25) is 4.98 Å². The Morgan fingerprint density at radius 3 is 1.94 bits per heavy atom. The van der Waals surface area contributed by atoms with Crippen molar-refractivity contribution in [1.82, 2.24) is 4.98 Å². The zero-order valence-corrected chi connectivity index (χ0v) is 8.13. The highest BCUT2D eigenvalue weighted by atomic mass is 16.4. The van der Waals surface area contributed by atoms with Gasteiger partial charge in [0.2, 0.25) is 0 Å². The quantitative estimate of drug-likeness (QED) is 0.510. The third-order valence-electron chi connectivity index (χ3n) is 1.22. The Bertz CT molecular complexity index is 377. The second-order valence-corrected chi connectivity index (χ2v) is 2.47. The van der Waals surface area contributed by atoms with Crippen LogP contribution in [0.1, 0.15) is 27.8 Å². The largest absolute Gasteiger partial charge is 0.550 e. The second-order valence-electron chi connectivity index (χ2n) is 2.47. The van der Waals surface area contributed by atoms with Gasteiger partial charge in [-0.1, -0.05) is 0 Å². The summed E-state index contributed by atoms with van der Waals surface area (Å²) in [4.78, 5) is 32.8. The predicted molar refractivity (Wildman–Crippen MR) is 43.6 cm³/mol. The molecule has 16 heavy (non-hydrogen) atoms. The van der Waals surface area contributed by atoms with Crippen molar-refractivity contribution < 1.29 is 29.7 Å². The SMILES string of the molecule is CC(=O)[O-].O=C([O-])c1cccnc1C(=O)[O-]. The standard InChI is InChI=1S/C7H5NO4.C2H4O2/c9-6(10)4-2-1-3-8-5(4)7(11)12;1-2(3)4/h1-3H,(H,9,10)(H,11,12);1H3,(H,3,4)/p-3. The zero-order valence-electron chi connectivity index (χ0n) is 8.13. The Morgan fingerprint density at radius 1 is 1.12 bits per heavy atom. The number of carbonyl (C=O) groups excluding carboxylic acids is 3. The molecule has 0 amide bonds. The number of hydrogen-bond acceptors (Lipinski definition) is 7. The van der Waals surface area contributed by atoms with Gasteiger partial charge < -0.3 is 29.7 Å². The van der Waals surface area contributed by atoms with E-state index in [9.17, 15) is 19.8 Å². The third kappa shape index (κ3) is 4.70. The first kappa shape index (κ1) is 13.6. The molecule has 7 nitrogen and oxygen atoms in total. The van der Waals surface area contributed by atoms with Crippen LogP contribution in [0.2, 0.25) is 0 Å². The van der Waals surface area contributed by atoms with Gasteiger partial charge in [-0.25, -0.2) is 0 Å². The minimum atomic E-state index is -1.63. The zero-order chi connectivity index (χ0) is 12.7. The summed E-state index contributed by atoms with van der Waals surface area (Å²) >= 11 is 0. The van der Waals surface area contributed by atoms with E-state index in [0.717, 1.165) is 19.2 Å². The lowest BCUT2D eigenvalue weighted by Gasteiger charge is -2.08. The highest BCUT2D eigenvalue weighted by Crippen LogP contribution is 2.01. The molecular weight excluding hydrogens is 218 g/mol. The summed E-state index contributed by atoms with van der Waals surface area (Å²) in [5, 5.41) is 29.4. The van der Waals surface area contributed by atoms with E-state index in [4.69, 9.17) is 9.90 Å². The van der Waals surface area contributed by atoms with E-state index in [1.165, 1.54) is 6.07 Å². The van der Waals surface area contributed by atoms with E-state index in [2.05, 4.69) is 4.98 Å². The summed E-state index contributed by atoms with van der Waals surface area (Å²) in [6.07, 6.45) is 1.16. The number of rotatable bonds is 2. The Balaban J connectivity index is 0.000000487. The molecule has 0 aliphatic heterocycles. The predicted octanol–water partition coefficient (Wildman–Crippen LogP) is -3.44. The number of carboxylic acids is 3. The lowest BCUT2D eigenvalue weighted by molar-refractivity contribution is -0.302. The van der Waals surface area contributed by atoms with Crippen LogP contribution in [0.3, 0.4) is 0 Å². The number of pyridine rings is 1. The summed E-state index contributed by atoms with van der Waals surface area (Å²) in [7, 11) is 0. The normalized spacial score (nSPS) is 8.56. The Labute approximate surface area is 90.0 Å². The van der Waals surface area contributed by atoms with E-state index in [1.54, 1.807) is 0 Å². The highest BCUT2D eigenvalue weighted by Gasteiger charge is 2.03. The van der Waals surface area contributed by atoms with Crippen LogP contribution in [0.15, 0.2) is 18.3 Å². The van der Waals surface area contributed by atoms with Crippen molar-refractivity contribution in [2.75, 3.05) is 0 Å². The molecular formula is C9H6NO6-3. The summed E-state index contributed by atoms with van der Waals surface area (Å²) in [5.41, 5.74) is -1.09. The maximum atomic E-state index is 10.3. The Hall–Kier alpha value is -2.44. The van der Waals surface area contributed by atoms with Crippen LogP contribution in [0.5, 0.6) is 0 Å². The number of hydrogen-bond donors (Lipinski definition) is 0. The van der Waals surface area contributed by atoms with Crippen molar-refractivity contribution in [3.05, 3.63) is 29.6 Å². The molecule has 0 radical (unpaired) electrons. The van der Waals surface area contributed by atoms with Crippen LogP contribution in [0.25, 0.3) is 0 Å². The highest BCUT2D eigenvalue weighted by molar-refractivity contribution is 5.98. The molecule has 0 atom stereocenters. The first-order valence-corrected chi connectivity index (χ1v) is 3.91. The van der Waals surface area contributed by atoms with Gasteiger partial charge in [-0.2, -0.15) is 0 Å². The van der Waals surface area contributed by atoms with E-state index < -0.39 is 29.2 Å². The maximum Gasteiger partial charge on any atom is 0.0947 e. The summed E-state index contributed by atoms with van der Waals surface area (Å²) in [5.74, 6) is -4.29. The molecule has 1 aromatic heterocycles. The Kier molecular flexibility index (Phi) is 5.19. The number of aliphatic carboxylic acids is 1. The monoisotopic (exact) mass is 224 g/mol. The van der Waals surface area contributed by atoms with Crippen molar-refractivity contribution in [1.29, 1.82) is 0 Å². The second kappa shape index (κ2) is 6.12. The number of aromatic nitrogens is 1. The smallest absolute Gasteiger partial charge is 0.0947 e. The number of aromatic carboxylic acids is 2. The van der Waals surface area contributed by atoms with Crippen LogP contribution >= 0.6 is 0 Å². The molecule has 0 saturated carbocycles. The van der Waals surface area contributed by atoms with E-state index in [1.807, 2.05) is 0 Å². The fourth-order valence-electron chi connectivity index (χ4n) is 0.733. The lowest BCUT2D eigenvalue weighted by Crippen LogP contribution is -2.30. The average molecular weight is 224 g/mol. The van der Waals surface area contributed by atoms with Gasteiger partial charge in [0.05, 0.1) is 17.6 Å². The van der Waals surface area contributed by atoms with Crippen LogP contribution in [-0.2, 0) is 4.79 Å². The molecule has 0 N–H and O–H groups in total. The van der Waals surface area contributed by atoms with Gasteiger partial charge in [0.25, 0.3) is 0 Å². The topological polar surface area (TPSA) is 133 Å². The first-order chi connectivity index (χ1) is 7.36. The molecule has 0 spiro atoms. The molecule has 1 aromatic rings. The van der Waals surface area contributed by atoms with Crippen molar-refractivity contribution in [3.63, 3.8) is 0 Å². The Morgan fingerprint density at radius 2 is 1.62 bits per heavy atom. The van der Waals surface area contributed by atoms with Crippen molar-refractivity contribution in [2.24, 2.45) is 0 Å². The molecule has 0 aromatic carbocycles. The molecule has 86 valence electrons. The van der Waals surface area contributed by atoms with Crippen LogP contribution in [-0.4, -0.2) is 22.9 Å². The molecule has 7 heteroatoms. The van der Waals surface area contributed by atoms with Crippen LogP contribution in [0.4, 0.5) is 0 Å². The molecule has 0 saturated heterocycles. The molecule has 1 rings (SSSR count). The molecule has 0 fully saturated rings. The number of carbonyl (C=O) groups is 3. The lowest BCUT2D eigenvalue weighted by atomic mass is 10.2. The third-order valence-corrected chi connectivity index (χ3v) is 1.22. The number of carboxylic acid groups (broad SMARTS) is 3. The van der Waals surface area contributed by atoms with Crippen molar-refractivity contribution >= 4 is 17.9 Å². The van der Waals surface area contributed by atoms with Gasteiger partial charge >= 0.3 is 0 Å². The van der Waals surface area contributed by atoms with Gasteiger partial charge in [0.1, 0.15) is 0 Å². The summed E-state index contributed by atoms with van der Waals surface area (Å²) < 4.78 is 0. The summed E-state index contributed by atoms with van der Waals surface area (Å²) in [6, 6.07) is 2.39. The first-order valence-electron chi connectivity index (χ1n) is 3.91. The van der Waals surface area contributed by atoms with Gasteiger partial charge in [-0.15, -0.1) is 0 Å². The van der Waals surface area contributed by atoms with E-state index >= 15 is 0 Å². The minimum absolute atomic E-state index is 0.475. The fraction of sp³-hybridized carbons (Fsp3) is 0.111. The number of nitrogens with zero attached hydrogens (tertiary/aromatic N) is 1. The summed E-state index contributed by atoms with van der Waals surface area (Å²) in [6.45, 7) is 0.972. The van der Waals surface area contributed by atoms with Gasteiger partial charge in [-0.05, 0) is 19.1 Å². The van der Waals surface area contributed by atoms with Crippen molar-refractivity contribution in [2.45, 2.75) is 6.92 Å².